The molecule has 0 saturated carbocycles. The number of carboxylic acid groups (broad SMARTS) is 1. The van der Waals surface area contributed by atoms with Gasteiger partial charge in [-0.25, -0.2) is 4.79 Å². The summed E-state index contributed by atoms with van der Waals surface area (Å²) in [5.41, 5.74) is 2.87. The third-order valence-corrected chi connectivity index (χ3v) is 3.84. The number of carboxylic acids is 1. The van der Waals surface area contributed by atoms with Crippen LogP contribution in [0.4, 0.5) is 0 Å². The molecule has 1 aromatic rings. The summed E-state index contributed by atoms with van der Waals surface area (Å²) in [7, 11) is 0. The normalized spacial score (nSPS) is 10.5. The van der Waals surface area contributed by atoms with Crippen LogP contribution < -0.4 is 0 Å². The Morgan fingerprint density at radius 2 is 1.50 bits per heavy atom. The lowest BCUT2D eigenvalue weighted by molar-refractivity contribution is -0.132. The maximum absolute atomic E-state index is 11.1. The highest BCUT2D eigenvalue weighted by Gasteiger charge is 2.15. The zero-order valence-corrected chi connectivity index (χ0v) is 13.6. The van der Waals surface area contributed by atoms with Crippen molar-refractivity contribution >= 4 is 11.5 Å². The van der Waals surface area contributed by atoms with Crippen molar-refractivity contribution in [2.24, 2.45) is 0 Å². The quantitative estimate of drug-likeness (QED) is 0.512. The fourth-order valence-electron chi connectivity index (χ4n) is 2.35. The van der Waals surface area contributed by atoms with Gasteiger partial charge in [0.2, 0.25) is 0 Å². The highest BCUT2D eigenvalue weighted by atomic mass is 16.4. The summed E-state index contributed by atoms with van der Waals surface area (Å²) in [6.07, 6.45) is 5.60. The molecule has 0 heterocycles. The summed E-state index contributed by atoms with van der Waals surface area (Å²) in [6.45, 7) is 11.6. The molecule has 0 aliphatic heterocycles. The first-order chi connectivity index (χ1) is 10.4. The third kappa shape index (κ3) is 4.48. The Hall–Kier alpha value is -2.03. The van der Waals surface area contributed by atoms with E-state index in [1.54, 1.807) is 0 Å². The van der Waals surface area contributed by atoms with Gasteiger partial charge >= 0.3 is 5.97 Å². The molecule has 0 spiro atoms. The standard InChI is InChI=1S/C19H26O3/c1-5-7-9-15-11-17(13(3)14(4)19(21)22)12-16(18(15)20)10-8-6-2/h11-12,20H,3-10H2,1-2H3,(H,21,22). The van der Waals surface area contributed by atoms with E-state index in [0.29, 0.717) is 11.3 Å². The summed E-state index contributed by atoms with van der Waals surface area (Å²) in [4.78, 5) is 11.1. The molecule has 0 saturated heterocycles. The molecule has 3 heteroatoms. The molecule has 120 valence electrons. The number of hydrogen-bond donors (Lipinski definition) is 2. The SMILES string of the molecule is C=C(C(=C)c1cc(CCCC)c(O)c(CCCC)c1)C(=O)O. The van der Waals surface area contributed by atoms with Crippen molar-refractivity contribution in [3.8, 4) is 5.75 Å². The fraction of sp³-hybridized carbons (Fsp3) is 0.421. The summed E-state index contributed by atoms with van der Waals surface area (Å²) in [6, 6.07) is 3.69. The first-order valence-corrected chi connectivity index (χ1v) is 7.88. The molecule has 0 bridgehead atoms. The number of phenolic OH excluding ortho intramolecular Hbond substituents is 1. The number of benzene rings is 1. The smallest absolute Gasteiger partial charge is 0.335 e. The highest BCUT2D eigenvalue weighted by molar-refractivity contribution is 6.04. The van der Waals surface area contributed by atoms with Gasteiger partial charge < -0.3 is 10.2 Å². The zero-order valence-electron chi connectivity index (χ0n) is 13.6. The molecule has 1 rings (SSSR count). The minimum absolute atomic E-state index is 0.00595. The maximum atomic E-state index is 11.1. The molecule has 1 aromatic carbocycles. The molecule has 0 unspecified atom stereocenters. The minimum Gasteiger partial charge on any atom is -0.507 e. The number of hydrogen-bond acceptors (Lipinski definition) is 2. The van der Waals surface area contributed by atoms with E-state index in [0.717, 1.165) is 55.2 Å². The molecule has 0 radical (unpaired) electrons. The predicted octanol–water partition coefficient (Wildman–Crippen LogP) is 4.73. The molecule has 2 N–H and O–H groups in total. The first-order valence-electron chi connectivity index (χ1n) is 7.88. The van der Waals surface area contributed by atoms with Gasteiger partial charge in [-0.1, -0.05) is 39.8 Å². The number of rotatable bonds is 9. The van der Waals surface area contributed by atoms with Gasteiger partial charge in [0.15, 0.2) is 0 Å². The average molecular weight is 302 g/mol. The van der Waals surface area contributed by atoms with Gasteiger partial charge in [-0.3, -0.25) is 0 Å². The highest BCUT2D eigenvalue weighted by Crippen LogP contribution is 2.32. The molecule has 0 aliphatic rings. The number of aromatic hydroxyl groups is 1. The molecule has 0 fully saturated rings. The lowest BCUT2D eigenvalue weighted by Gasteiger charge is -2.14. The van der Waals surface area contributed by atoms with Crippen LogP contribution in [-0.4, -0.2) is 16.2 Å². The van der Waals surface area contributed by atoms with Crippen LogP contribution in [0, 0.1) is 0 Å². The van der Waals surface area contributed by atoms with E-state index in [1.165, 1.54) is 0 Å². The summed E-state index contributed by atoms with van der Waals surface area (Å²) in [5.74, 6) is -0.720. The van der Waals surface area contributed by atoms with Gasteiger partial charge in [0.05, 0.1) is 5.57 Å². The Bertz CT molecular complexity index is 541. The van der Waals surface area contributed by atoms with E-state index in [9.17, 15) is 9.90 Å². The van der Waals surface area contributed by atoms with Crippen LogP contribution in [0.5, 0.6) is 5.75 Å². The minimum atomic E-state index is -1.07. The Morgan fingerprint density at radius 1 is 1.05 bits per heavy atom. The third-order valence-electron chi connectivity index (χ3n) is 3.84. The second-order valence-corrected chi connectivity index (χ2v) is 5.61. The number of carbonyl (C=O) groups is 1. The number of phenols is 1. The van der Waals surface area contributed by atoms with Crippen LogP contribution in [0.1, 0.15) is 56.2 Å². The van der Waals surface area contributed by atoms with Crippen molar-refractivity contribution in [3.05, 3.63) is 47.6 Å². The van der Waals surface area contributed by atoms with Crippen molar-refractivity contribution < 1.29 is 15.0 Å². The lowest BCUT2D eigenvalue weighted by Crippen LogP contribution is -2.03. The molecule has 0 atom stereocenters. The molecule has 3 nitrogen and oxygen atoms in total. The van der Waals surface area contributed by atoms with Crippen molar-refractivity contribution in [3.63, 3.8) is 0 Å². The second kappa shape index (κ2) is 8.42. The van der Waals surface area contributed by atoms with Gasteiger partial charge in [0.25, 0.3) is 0 Å². The lowest BCUT2D eigenvalue weighted by atomic mass is 9.92. The molecule has 0 amide bonds. The van der Waals surface area contributed by atoms with Crippen LogP contribution in [0.15, 0.2) is 30.9 Å². The summed E-state index contributed by atoms with van der Waals surface area (Å²) in [5, 5.41) is 19.5. The Kier molecular flexibility index (Phi) is 6.90. The summed E-state index contributed by atoms with van der Waals surface area (Å²) < 4.78 is 0. The van der Waals surface area contributed by atoms with E-state index in [-0.39, 0.29) is 5.57 Å². The Morgan fingerprint density at radius 3 is 1.86 bits per heavy atom. The monoisotopic (exact) mass is 302 g/mol. The predicted molar refractivity (Wildman–Crippen MR) is 91.1 cm³/mol. The Labute approximate surface area is 133 Å². The van der Waals surface area contributed by atoms with Crippen molar-refractivity contribution in [2.45, 2.75) is 52.4 Å². The van der Waals surface area contributed by atoms with E-state index >= 15 is 0 Å². The van der Waals surface area contributed by atoms with E-state index in [4.69, 9.17) is 5.11 Å². The van der Waals surface area contributed by atoms with Crippen molar-refractivity contribution in [1.29, 1.82) is 0 Å². The Balaban J connectivity index is 3.23. The average Bonchev–Trinajstić information content (AvgIpc) is 2.51. The summed E-state index contributed by atoms with van der Waals surface area (Å²) >= 11 is 0. The number of aryl methyl sites for hydroxylation is 2. The van der Waals surface area contributed by atoms with Crippen LogP contribution in [0.3, 0.4) is 0 Å². The first kappa shape index (κ1) is 18.0. The molecular formula is C19H26O3. The van der Waals surface area contributed by atoms with Crippen LogP contribution >= 0.6 is 0 Å². The van der Waals surface area contributed by atoms with Gasteiger partial charge in [0, 0.05) is 0 Å². The largest absolute Gasteiger partial charge is 0.507 e. The maximum Gasteiger partial charge on any atom is 0.335 e. The fourth-order valence-corrected chi connectivity index (χ4v) is 2.35. The van der Waals surface area contributed by atoms with Gasteiger partial charge in [-0.05, 0) is 60.1 Å². The molecule has 0 aromatic heterocycles. The van der Waals surface area contributed by atoms with E-state index in [2.05, 4.69) is 27.0 Å². The number of unbranched alkanes of at least 4 members (excludes halogenated alkanes) is 2. The van der Waals surface area contributed by atoms with Crippen LogP contribution in [0.2, 0.25) is 0 Å². The number of aliphatic carboxylic acids is 1. The van der Waals surface area contributed by atoms with Crippen molar-refractivity contribution in [1.82, 2.24) is 0 Å². The molecule has 22 heavy (non-hydrogen) atoms. The van der Waals surface area contributed by atoms with E-state index < -0.39 is 5.97 Å². The second-order valence-electron chi connectivity index (χ2n) is 5.61. The zero-order chi connectivity index (χ0) is 16.7. The van der Waals surface area contributed by atoms with Gasteiger partial charge in [0.1, 0.15) is 5.75 Å². The van der Waals surface area contributed by atoms with E-state index in [1.807, 2.05) is 12.1 Å². The topological polar surface area (TPSA) is 57.5 Å². The molecular weight excluding hydrogens is 276 g/mol. The van der Waals surface area contributed by atoms with Crippen LogP contribution in [-0.2, 0) is 17.6 Å². The van der Waals surface area contributed by atoms with Crippen LogP contribution in [0.25, 0.3) is 5.57 Å². The van der Waals surface area contributed by atoms with Gasteiger partial charge in [-0.2, -0.15) is 0 Å². The molecule has 0 aliphatic carbocycles. The van der Waals surface area contributed by atoms with Crippen molar-refractivity contribution in [2.75, 3.05) is 0 Å². The van der Waals surface area contributed by atoms with Gasteiger partial charge in [-0.15, -0.1) is 0 Å².